The van der Waals surface area contributed by atoms with Crippen molar-refractivity contribution in [1.82, 2.24) is 3.97 Å². The maximum atomic E-state index is 12.7. The highest BCUT2D eigenvalue weighted by molar-refractivity contribution is 7.90. The molecular weight excluding hydrogens is 300 g/mol. The normalized spacial score (nSPS) is 11.7. The monoisotopic (exact) mass is 316 g/mol. The number of hydrogen-bond acceptors (Lipinski definition) is 4. The fraction of sp³-hybridized carbons (Fsp3) is 0.125. The van der Waals surface area contributed by atoms with Gasteiger partial charge in [-0.1, -0.05) is 18.2 Å². The van der Waals surface area contributed by atoms with Crippen LogP contribution in [-0.2, 0) is 10.0 Å². The van der Waals surface area contributed by atoms with E-state index in [0.717, 1.165) is 5.39 Å². The third-order valence-corrected chi connectivity index (χ3v) is 5.02. The first-order valence-corrected chi connectivity index (χ1v) is 8.31. The van der Waals surface area contributed by atoms with E-state index in [2.05, 4.69) is 0 Å². The second kappa shape index (κ2) is 5.82. The molecule has 0 aliphatic heterocycles. The maximum Gasteiger partial charge on any atom is 0.268 e. The standard InChI is InChI=1S/C16H16N2O3S/c17-9-11-21-14-6-7-16-13(12-14)8-10-18(16)22(19,20)15-4-2-1-3-5-15/h1-8,10,12H,9,11,17H2. The Kier molecular flexibility index (Phi) is 3.87. The predicted molar refractivity (Wildman–Crippen MR) is 85.5 cm³/mol. The summed E-state index contributed by atoms with van der Waals surface area (Å²) in [5.74, 6) is 0.674. The van der Waals surface area contributed by atoms with Crippen molar-refractivity contribution in [2.75, 3.05) is 13.2 Å². The highest BCUT2D eigenvalue weighted by atomic mass is 32.2. The van der Waals surface area contributed by atoms with Crippen molar-refractivity contribution in [3.8, 4) is 5.75 Å². The lowest BCUT2D eigenvalue weighted by atomic mass is 10.2. The minimum Gasteiger partial charge on any atom is -0.492 e. The van der Waals surface area contributed by atoms with Crippen LogP contribution in [0.3, 0.4) is 0 Å². The Hall–Kier alpha value is -2.31. The average molecular weight is 316 g/mol. The van der Waals surface area contributed by atoms with E-state index in [9.17, 15) is 8.42 Å². The lowest BCUT2D eigenvalue weighted by Crippen LogP contribution is -2.12. The van der Waals surface area contributed by atoms with E-state index in [4.69, 9.17) is 10.5 Å². The summed E-state index contributed by atoms with van der Waals surface area (Å²) in [5.41, 5.74) is 6.02. The molecule has 0 saturated carbocycles. The Morgan fingerprint density at radius 1 is 1.05 bits per heavy atom. The van der Waals surface area contributed by atoms with Gasteiger partial charge in [-0.05, 0) is 36.4 Å². The third-order valence-electron chi connectivity index (χ3n) is 3.31. The van der Waals surface area contributed by atoms with Gasteiger partial charge in [0.2, 0.25) is 0 Å². The Morgan fingerprint density at radius 3 is 2.55 bits per heavy atom. The fourth-order valence-electron chi connectivity index (χ4n) is 2.28. The SMILES string of the molecule is NCCOc1ccc2c(ccn2S(=O)(=O)c2ccccc2)c1. The largest absolute Gasteiger partial charge is 0.492 e. The topological polar surface area (TPSA) is 74.3 Å². The van der Waals surface area contributed by atoms with Crippen LogP contribution in [0.4, 0.5) is 0 Å². The molecule has 3 aromatic rings. The molecule has 1 heterocycles. The van der Waals surface area contributed by atoms with Gasteiger partial charge in [-0.2, -0.15) is 0 Å². The molecule has 0 unspecified atom stereocenters. The molecule has 0 saturated heterocycles. The molecule has 0 aliphatic carbocycles. The third kappa shape index (κ3) is 2.58. The van der Waals surface area contributed by atoms with Crippen LogP contribution >= 0.6 is 0 Å². The van der Waals surface area contributed by atoms with E-state index >= 15 is 0 Å². The van der Waals surface area contributed by atoms with Crippen LogP contribution in [0.5, 0.6) is 5.75 Å². The number of fused-ring (bicyclic) bond motifs is 1. The number of hydrogen-bond donors (Lipinski definition) is 1. The molecule has 0 aliphatic rings. The minimum absolute atomic E-state index is 0.260. The molecule has 2 aromatic carbocycles. The van der Waals surface area contributed by atoms with Gasteiger partial charge in [0.25, 0.3) is 10.0 Å². The molecule has 6 heteroatoms. The molecule has 1 aromatic heterocycles. The number of nitrogens with two attached hydrogens (primary N) is 1. The van der Waals surface area contributed by atoms with E-state index in [1.165, 1.54) is 3.97 Å². The van der Waals surface area contributed by atoms with Crippen LogP contribution < -0.4 is 10.5 Å². The Morgan fingerprint density at radius 2 is 1.82 bits per heavy atom. The van der Waals surface area contributed by atoms with Crippen LogP contribution in [0.2, 0.25) is 0 Å². The number of rotatable bonds is 5. The lowest BCUT2D eigenvalue weighted by molar-refractivity contribution is 0.329. The van der Waals surface area contributed by atoms with Gasteiger partial charge < -0.3 is 10.5 Å². The van der Waals surface area contributed by atoms with E-state index in [-0.39, 0.29) is 4.90 Å². The van der Waals surface area contributed by atoms with Crippen LogP contribution in [0.15, 0.2) is 65.7 Å². The lowest BCUT2D eigenvalue weighted by Gasteiger charge is -2.08. The average Bonchev–Trinajstić information content (AvgIpc) is 2.97. The molecule has 5 nitrogen and oxygen atoms in total. The van der Waals surface area contributed by atoms with Crippen molar-refractivity contribution in [1.29, 1.82) is 0 Å². The minimum atomic E-state index is -3.60. The molecule has 0 fully saturated rings. The summed E-state index contributed by atoms with van der Waals surface area (Å²) in [5, 5.41) is 0.800. The summed E-state index contributed by atoms with van der Waals surface area (Å²) in [4.78, 5) is 0.260. The van der Waals surface area contributed by atoms with Crippen LogP contribution in [0, 0.1) is 0 Å². The summed E-state index contributed by atoms with van der Waals surface area (Å²) >= 11 is 0. The zero-order valence-corrected chi connectivity index (χ0v) is 12.7. The fourth-order valence-corrected chi connectivity index (χ4v) is 3.65. The summed E-state index contributed by atoms with van der Waals surface area (Å²) in [6.07, 6.45) is 1.56. The smallest absolute Gasteiger partial charge is 0.268 e. The van der Waals surface area contributed by atoms with Gasteiger partial charge in [0.05, 0.1) is 10.4 Å². The van der Waals surface area contributed by atoms with Gasteiger partial charge >= 0.3 is 0 Å². The first-order valence-electron chi connectivity index (χ1n) is 6.87. The molecule has 0 spiro atoms. The van der Waals surface area contributed by atoms with Gasteiger partial charge in [-0.3, -0.25) is 0 Å². The van der Waals surface area contributed by atoms with Crippen LogP contribution in [0.25, 0.3) is 10.9 Å². The second-order valence-corrected chi connectivity index (χ2v) is 6.60. The molecule has 0 amide bonds. The number of benzene rings is 2. The van der Waals surface area contributed by atoms with Crippen molar-refractivity contribution in [2.24, 2.45) is 5.73 Å². The second-order valence-electron chi connectivity index (χ2n) is 4.79. The number of ether oxygens (including phenoxy) is 1. The summed E-state index contributed by atoms with van der Waals surface area (Å²) < 4.78 is 32.1. The zero-order chi connectivity index (χ0) is 15.6. The highest BCUT2D eigenvalue weighted by Gasteiger charge is 2.18. The zero-order valence-electron chi connectivity index (χ0n) is 11.8. The van der Waals surface area contributed by atoms with Gasteiger partial charge in [-0.25, -0.2) is 12.4 Å². The summed E-state index contributed by atoms with van der Waals surface area (Å²) in [6, 6.07) is 15.4. The van der Waals surface area contributed by atoms with Crippen molar-refractivity contribution in [3.63, 3.8) is 0 Å². The Balaban J connectivity index is 2.05. The molecule has 0 bridgehead atoms. The van der Waals surface area contributed by atoms with Gasteiger partial charge in [0, 0.05) is 18.1 Å². The van der Waals surface area contributed by atoms with Crippen LogP contribution in [0.1, 0.15) is 0 Å². The van der Waals surface area contributed by atoms with Crippen molar-refractivity contribution in [3.05, 3.63) is 60.8 Å². The van der Waals surface area contributed by atoms with Crippen LogP contribution in [-0.4, -0.2) is 25.5 Å². The molecule has 2 N–H and O–H groups in total. The first kappa shape index (κ1) is 14.6. The molecule has 3 rings (SSSR count). The summed E-state index contributed by atoms with van der Waals surface area (Å²) in [6.45, 7) is 0.857. The van der Waals surface area contributed by atoms with E-state index in [1.807, 2.05) is 6.07 Å². The first-order chi connectivity index (χ1) is 10.6. The maximum absolute atomic E-state index is 12.7. The van der Waals surface area contributed by atoms with Crippen molar-refractivity contribution >= 4 is 20.9 Å². The van der Waals surface area contributed by atoms with E-state index in [1.54, 1.807) is 54.7 Å². The van der Waals surface area contributed by atoms with Crippen molar-refractivity contribution < 1.29 is 13.2 Å². The van der Waals surface area contributed by atoms with E-state index in [0.29, 0.717) is 24.4 Å². The van der Waals surface area contributed by atoms with Gasteiger partial charge in [0.1, 0.15) is 12.4 Å². The number of aromatic nitrogens is 1. The molecule has 0 radical (unpaired) electrons. The van der Waals surface area contributed by atoms with Crippen molar-refractivity contribution in [2.45, 2.75) is 4.90 Å². The van der Waals surface area contributed by atoms with Gasteiger partial charge in [0.15, 0.2) is 0 Å². The Bertz CT molecular complexity index is 886. The molecule has 114 valence electrons. The molecule has 0 atom stereocenters. The quantitative estimate of drug-likeness (QED) is 0.783. The predicted octanol–water partition coefficient (Wildman–Crippen LogP) is 2.22. The number of nitrogens with zero attached hydrogens (tertiary/aromatic N) is 1. The van der Waals surface area contributed by atoms with E-state index < -0.39 is 10.0 Å². The molecule has 22 heavy (non-hydrogen) atoms. The highest BCUT2D eigenvalue weighted by Crippen LogP contribution is 2.25. The summed E-state index contributed by atoms with van der Waals surface area (Å²) in [7, 11) is -3.60. The van der Waals surface area contributed by atoms with Gasteiger partial charge in [-0.15, -0.1) is 0 Å². The Labute approximate surface area is 129 Å². The molecular formula is C16H16N2O3S.